The molecule has 26 heavy (non-hydrogen) atoms. The van der Waals surface area contributed by atoms with Crippen molar-refractivity contribution in [1.29, 1.82) is 0 Å². The molecule has 0 aliphatic carbocycles. The summed E-state index contributed by atoms with van der Waals surface area (Å²) in [5.41, 5.74) is 9.17. The van der Waals surface area contributed by atoms with E-state index in [9.17, 15) is 0 Å². The van der Waals surface area contributed by atoms with Gasteiger partial charge in [0.1, 0.15) is 11.6 Å². The van der Waals surface area contributed by atoms with Gasteiger partial charge in [0.25, 0.3) is 0 Å². The third-order valence-electron chi connectivity index (χ3n) is 3.54. The lowest BCUT2D eigenvalue weighted by molar-refractivity contribution is 0.463. The average Bonchev–Trinajstić information content (AvgIpc) is 2.61. The van der Waals surface area contributed by atoms with E-state index in [1.807, 2.05) is 44.2 Å². The van der Waals surface area contributed by atoms with E-state index in [0.29, 0.717) is 17.4 Å². The van der Waals surface area contributed by atoms with E-state index < -0.39 is 0 Å². The van der Waals surface area contributed by atoms with E-state index in [1.54, 1.807) is 6.07 Å². The first-order valence-corrected chi connectivity index (χ1v) is 9.21. The van der Waals surface area contributed by atoms with E-state index in [2.05, 4.69) is 57.2 Å². The quantitative estimate of drug-likeness (QED) is 0.547. The minimum Gasteiger partial charge on any atom is -0.439 e. The smallest absolute Gasteiger partial charge is 0.226 e. The molecule has 2 aromatic carbocycles. The molecule has 0 amide bonds. The highest BCUT2D eigenvalue weighted by atomic mass is 79.9. The molecule has 0 spiro atoms. The second-order valence-electron chi connectivity index (χ2n) is 5.43. The third kappa shape index (κ3) is 5.46. The third-order valence-corrected chi connectivity index (χ3v) is 4.06. The lowest BCUT2D eigenvalue weighted by Gasteiger charge is -2.10. The zero-order valence-electron chi connectivity index (χ0n) is 15.4. The Labute approximate surface area is 162 Å². The Morgan fingerprint density at radius 3 is 2.27 bits per heavy atom. The molecule has 3 rings (SSSR count). The molecule has 3 aromatic rings. The minimum absolute atomic E-state index is 0.149. The molecule has 1 aromatic heterocycles. The van der Waals surface area contributed by atoms with E-state index >= 15 is 0 Å². The molecule has 3 N–H and O–H groups in total. The fourth-order valence-corrected chi connectivity index (χ4v) is 2.41. The highest BCUT2D eigenvalue weighted by Crippen LogP contribution is 2.25. The number of nitrogens with zero attached hydrogens (tertiary/aromatic N) is 2. The maximum absolute atomic E-state index is 5.80. The van der Waals surface area contributed by atoms with E-state index in [-0.39, 0.29) is 5.95 Å². The largest absolute Gasteiger partial charge is 0.439 e. The van der Waals surface area contributed by atoms with Gasteiger partial charge < -0.3 is 15.8 Å². The number of aryl methyl sites for hydroxylation is 2. The van der Waals surface area contributed by atoms with Crippen LogP contribution in [0.25, 0.3) is 0 Å². The van der Waals surface area contributed by atoms with Gasteiger partial charge in [0.15, 0.2) is 0 Å². The van der Waals surface area contributed by atoms with Gasteiger partial charge >= 0.3 is 0 Å². The molecule has 0 bridgehead atoms. The molecule has 0 fully saturated rings. The van der Waals surface area contributed by atoms with Crippen LogP contribution in [0.5, 0.6) is 11.6 Å². The van der Waals surface area contributed by atoms with Gasteiger partial charge in [0, 0.05) is 16.2 Å². The molecule has 0 saturated carbocycles. The van der Waals surface area contributed by atoms with Crippen LogP contribution in [0.2, 0.25) is 0 Å². The fourth-order valence-electron chi connectivity index (χ4n) is 2.15. The SMILES string of the molecule is CC.Cc1ccc(Nc2cc(Oc3ccc(Br)cc3)nc(N)n2)cc1C. The summed E-state index contributed by atoms with van der Waals surface area (Å²) in [5.74, 6) is 1.79. The zero-order chi connectivity index (χ0) is 19.1. The monoisotopic (exact) mass is 414 g/mol. The fraction of sp³-hybridized carbons (Fsp3) is 0.200. The van der Waals surface area contributed by atoms with Gasteiger partial charge in [-0.05, 0) is 61.4 Å². The van der Waals surface area contributed by atoms with E-state index in [4.69, 9.17) is 10.5 Å². The van der Waals surface area contributed by atoms with Crippen molar-refractivity contribution in [2.24, 2.45) is 0 Å². The molecular weight excluding hydrogens is 392 g/mol. The zero-order valence-corrected chi connectivity index (χ0v) is 17.0. The lowest BCUT2D eigenvalue weighted by atomic mass is 10.1. The van der Waals surface area contributed by atoms with Crippen molar-refractivity contribution in [2.75, 3.05) is 11.1 Å². The van der Waals surface area contributed by atoms with Gasteiger partial charge in [0.05, 0.1) is 0 Å². The molecule has 0 radical (unpaired) electrons. The predicted octanol–water partition coefficient (Wildman–Crippen LogP) is 6.00. The lowest BCUT2D eigenvalue weighted by Crippen LogP contribution is -2.02. The molecule has 5 nitrogen and oxygen atoms in total. The Bertz CT molecular complexity index is 866. The molecule has 136 valence electrons. The van der Waals surface area contributed by atoms with Crippen LogP contribution < -0.4 is 15.8 Å². The van der Waals surface area contributed by atoms with E-state index in [0.717, 1.165) is 10.2 Å². The number of ether oxygens (including phenoxy) is 1. The van der Waals surface area contributed by atoms with Gasteiger partial charge in [-0.1, -0.05) is 35.8 Å². The second-order valence-corrected chi connectivity index (χ2v) is 6.35. The van der Waals surface area contributed by atoms with Crippen LogP contribution in [-0.2, 0) is 0 Å². The molecule has 0 saturated heterocycles. The summed E-state index contributed by atoms with van der Waals surface area (Å²) in [4.78, 5) is 8.32. The van der Waals surface area contributed by atoms with Crippen molar-refractivity contribution in [3.05, 3.63) is 64.1 Å². The summed E-state index contributed by atoms with van der Waals surface area (Å²) in [5, 5.41) is 3.23. The topological polar surface area (TPSA) is 73.1 Å². The van der Waals surface area contributed by atoms with Crippen LogP contribution in [0.1, 0.15) is 25.0 Å². The van der Waals surface area contributed by atoms with Crippen molar-refractivity contribution in [2.45, 2.75) is 27.7 Å². The number of aromatic nitrogens is 2. The molecular formula is C20H23BrN4O. The molecule has 6 heteroatoms. The number of nitrogens with one attached hydrogen (secondary N) is 1. The summed E-state index contributed by atoms with van der Waals surface area (Å²) in [6, 6.07) is 15.3. The summed E-state index contributed by atoms with van der Waals surface area (Å²) < 4.78 is 6.72. The summed E-state index contributed by atoms with van der Waals surface area (Å²) in [6.45, 7) is 8.14. The van der Waals surface area contributed by atoms with Gasteiger partial charge in [-0.25, -0.2) is 0 Å². The number of benzene rings is 2. The van der Waals surface area contributed by atoms with Crippen molar-refractivity contribution in [1.82, 2.24) is 9.97 Å². The van der Waals surface area contributed by atoms with Crippen LogP contribution in [0, 0.1) is 13.8 Å². The number of nitrogens with two attached hydrogens (primary N) is 1. The van der Waals surface area contributed by atoms with Gasteiger partial charge in [-0.2, -0.15) is 9.97 Å². The number of anilines is 3. The highest BCUT2D eigenvalue weighted by Gasteiger charge is 2.06. The van der Waals surface area contributed by atoms with Gasteiger partial charge in [-0.3, -0.25) is 0 Å². The Kier molecular flexibility index (Phi) is 6.97. The van der Waals surface area contributed by atoms with Gasteiger partial charge in [0.2, 0.25) is 11.8 Å². The normalized spacial score (nSPS) is 9.88. The molecule has 0 unspecified atom stereocenters. The molecule has 0 aliphatic rings. The number of hydrogen-bond acceptors (Lipinski definition) is 5. The predicted molar refractivity (Wildman–Crippen MR) is 111 cm³/mol. The van der Waals surface area contributed by atoms with Crippen LogP contribution in [-0.4, -0.2) is 9.97 Å². The van der Waals surface area contributed by atoms with Crippen LogP contribution in [0.4, 0.5) is 17.5 Å². The molecule has 0 aliphatic heterocycles. The van der Waals surface area contributed by atoms with Crippen molar-refractivity contribution >= 4 is 33.4 Å². The van der Waals surface area contributed by atoms with Crippen molar-refractivity contribution < 1.29 is 4.74 Å². The summed E-state index contributed by atoms with van der Waals surface area (Å²) in [6.07, 6.45) is 0. The summed E-state index contributed by atoms with van der Waals surface area (Å²) in [7, 11) is 0. The van der Waals surface area contributed by atoms with E-state index in [1.165, 1.54) is 11.1 Å². The number of hydrogen-bond donors (Lipinski definition) is 2. The van der Waals surface area contributed by atoms with Crippen molar-refractivity contribution in [3.8, 4) is 11.6 Å². The first-order valence-electron chi connectivity index (χ1n) is 8.42. The number of halogens is 1. The Balaban J connectivity index is 0.00000117. The summed E-state index contributed by atoms with van der Waals surface area (Å²) >= 11 is 3.39. The van der Waals surface area contributed by atoms with Crippen molar-refractivity contribution in [3.63, 3.8) is 0 Å². The maximum atomic E-state index is 5.80. The van der Waals surface area contributed by atoms with Gasteiger partial charge in [-0.15, -0.1) is 0 Å². The maximum Gasteiger partial charge on any atom is 0.226 e. The average molecular weight is 415 g/mol. The first kappa shape index (κ1) is 19.7. The minimum atomic E-state index is 0.149. The Morgan fingerprint density at radius 1 is 0.923 bits per heavy atom. The van der Waals surface area contributed by atoms with Crippen LogP contribution >= 0.6 is 15.9 Å². The number of nitrogen functional groups attached to an aromatic ring is 1. The molecule has 0 atom stereocenters. The Hall–Kier alpha value is -2.60. The van der Waals surface area contributed by atoms with Crippen LogP contribution in [0.3, 0.4) is 0 Å². The first-order chi connectivity index (χ1) is 12.5. The number of rotatable bonds is 4. The Morgan fingerprint density at radius 2 is 1.62 bits per heavy atom. The van der Waals surface area contributed by atoms with Crippen LogP contribution in [0.15, 0.2) is 53.0 Å². The molecule has 1 heterocycles. The highest BCUT2D eigenvalue weighted by molar-refractivity contribution is 9.10. The standard InChI is InChI=1S/C18H17BrN4O.C2H6/c1-11-3-6-14(9-12(11)2)21-16-10-17(23-18(20)22-16)24-15-7-4-13(19)5-8-15;1-2/h3-10H,1-2H3,(H3,20,21,22,23);1-2H3. The second kappa shape index (κ2) is 9.20.